The molecule has 4 N–H and O–H groups in total. The van der Waals surface area contributed by atoms with Crippen molar-refractivity contribution < 1.29 is 27.9 Å². The average Bonchev–Trinajstić information content (AvgIpc) is 2.08. The minimum absolute atomic E-state index is 0.0304. The van der Waals surface area contributed by atoms with Crippen LogP contribution in [0.2, 0.25) is 0 Å². The SMILES string of the molecule is NCCCC[C@H](NOC(F)(F)F)C(=O)O. The van der Waals surface area contributed by atoms with Gasteiger partial charge < -0.3 is 10.8 Å². The highest BCUT2D eigenvalue weighted by molar-refractivity contribution is 5.73. The molecule has 0 amide bonds. The summed E-state index contributed by atoms with van der Waals surface area (Å²) in [7, 11) is 0. The summed E-state index contributed by atoms with van der Waals surface area (Å²) in [6, 6.07) is -1.38. The summed E-state index contributed by atoms with van der Waals surface area (Å²) in [5.41, 5.74) is 6.61. The number of hydrogen-bond acceptors (Lipinski definition) is 4. The number of halogens is 3. The van der Waals surface area contributed by atoms with Gasteiger partial charge in [0.05, 0.1) is 0 Å². The van der Waals surface area contributed by atoms with E-state index in [2.05, 4.69) is 4.84 Å². The second-order valence-corrected chi connectivity index (χ2v) is 2.84. The van der Waals surface area contributed by atoms with Crippen LogP contribution in [0.3, 0.4) is 0 Å². The first-order valence-corrected chi connectivity index (χ1v) is 4.30. The minimum atomic E-state index is -4.89. The Morgan fingerprint density at radius 3 is 2.47 bits per heavy atom. The van der Waals surface area contributed by atoms with Gasteiger partial charge in [-0.1, -0.05) is 0 Å². The molecular weight excluding hydrogens is 217 g/mol. The molecule has 0 heterocycles. The van der Waals surface area contributed by atoms with Gasteiger partial charge in [-0.15, -0.1) is 13.2 Å². The molecule has 8 heteroatoms. The molecule has 5 nitrogen and oxygen atoms in total. The van der Waals surface area contributed by atoms with Crippen LogP contribution in [0.25, 0.3) is 0 Å². The van der Waals surface area contributed by atoms with Crippen LogP contribution in [0.4, 0.5) is 13.2 Å². The van der Waals surface area contributed by atoms with E-state index in [0.717, 1.165) is 0 Å². The van der Waals surface area contributed by atoms with Crippen molar-refractivity contribution in [2.24, 2.45) is 5.73 Å². The van der Waals surface area contributed by atoms with E-state index in [1.54, 1.807) is 0 Å². The highest BCUT2D eigenvalue weighted by Crippen LogP contribution is 2.15. The molecule has 0 spiro atoms. The Morgan fingerprint density at radius 1 is 1.47 bits per heavy atom. The number of alkyl halides is 3. The maximum Gasteiger partial charge on any atom is 0.538 e. The van der Waals surface area contributed by atoms with Crippen LogP contribution >= 0.6 is 0 Å². The number of carboxylic acid groups (broad SMARTS) is 1. The Morgan fingerprint density at radius 2 is 2.07 bits per heavy atom. The van der Waals surface area contributed by atoms with Crippen molar-refractivity contribution in [3.8, 4) is 0 Å². The predicted molar refractivity (Wildman–Crippen MR) is 44.6 cm³/mol. The average molecular weight is 230 g/mol. The van der Waals surface area contributed by atoms with Gasteiger partial charge in [0.2, 0.25) is 0 Å². The number of nitrogens with two attached hydrogens (primary N) is 1. The third-order valence-electron chi connectivity index (χ3n) is 1.56. The summed E-state index contributed by atoms with van der Waals surface area (Å²) in [5, 5.41) is 8.53. The lowest BCUT2D eigenvalue weighted by molar-refractivity contribution is -0.353. The maximum atomic E-state index is 11.6. The first-order chi connectivity index (χ1) is 6.87. The molecule has 0 saturated carbocycles. The van der Waals surface area contributed by atoms with Crippen LogP contribution in [-0.4, -0.2) is 30.0 Å². The molecule has 0 aromatic rings. The highest BCUT2D eigenvalue weighted by atomic mass is 19.4. The van der Waals surface area contributed by atoms with Gasteiger partial charge in [0.1, 0.15) is 6.04 Å². The second kappa shape index (κ2) is 6.59. The quantitative estimate of drug-likeness (QED) is 0.440. The standard InChI is InChI=1S/C7H13F3N2O3/c8-7(9,10)15-12-5(6(13)14)3-1-2-4-11/h5,12H,1-4,11H2,(H,13,14)/t5-/m0/s1. The molecule has 1 atom stereocenters. The third-order valence-corrected chi connectivity index (χ3v) is 1.56. The summed E-state index contributed by atoms with van der Waals surface area (Å²) in [5.74, 6) is -1.39. The molecule has 0 saturated heterocycles. The van der Waals surface area contributed by atoms with Crippen molar-refractivity contribution in [2.45, 2.75) is 31.7 Å². The van der Waals surface area contributed by atoms with E-state index in [0.29, 0.717) is 19.4 Å². The zero-order chi connectivity index (χ0) is 11.9. The summed E-state index contributed by atoms with van der Waals surface area (Å²) in [4.78, 5) is 13.7. The molecule has 0 aliphatic heterocycles. The molecule has 0 aliphatic carbocycles. The fourth-order valence-electron chi connectivity index (χ4n) is 0.864. The molecule has 0 fully saturated rings. The van der Waals surface area contributed by atoms with Gasteiger partial charge in [0.15, 0.2) is 0 Å². The van der Waals surface area contributed by atoms with Crippen LogP contribution in [0, 0.1) is 0 Å². The predicted octanol–water partition coefficient (Wildman–Crippen LogP) is 0.610. The fraction of sp³-hybridized carbons (Fsp3) is 0.857. The third kappa shape index (κ3) is 8.16. The lowest BCUT2D eigenvalue weighted by Crippen LogP contribution is -2.40. The Kier molecular flexibility index (Phi) is 6.21. The van der Waals surface area contributed by atoms with E-state index in [4.69, 9.17) is 10.8 Å². The van der Waals surface area contributed by atoms with E-state index >= 15 is 0 Å². The summed E-state index contributed by atoms with van der Waals surface area (Å²) >= 11 is 0. The Hall–Kier alpha value is -0.860. The Balaban J connectivity index is 3.89. The van der Waals surface area contributed by atoms with Gasteiger partial charge in [0, 0.05) is 0 Å². The Bertz CT molecular complexity index is 198. The molecule has 0 aliphatic rings. The van der Waals surface area contributed by atoms with E-state index in [1.165, 1.54) is 5.48 Å². The molecule has 0 radical (unpaired) electrons. The number of aliphatic carboxylic acids is 1. The zero-order valence-corrected chi connectivity index (χ0v) is 7.88. The smallest absolute Gasteiger partial charge is 0.480 e. The largest absolute Gasteiger partial charge is 0.538 e. The number of carboxylic acids is 1. The lowest BCUT2D eigenvalue weighted by atomic mass is 10.1. The van der Waals surface area contributed by atoms with Crippen molar-refractivity contribution in [1.29, 1.82) is 0 Å². The van der Waals surface area contributed by atoms with Crippen LogP contribution in [-0.2, 0) is 9.63 Å². The lowest BCUT2D eigenvalue weighted by Gasteiger charge is -2.14. The van der Waals surface area contributed by atoms with Crippen LogP contribution in [0.5, 0.6) is 0 Å². The molecule has 15 heavy (non-hydrogen) atoms. The van der Waals surface area contributed by atoms with Crippen LogP contribution in [0.1, 0.15) is 19.3 Å². The summed E-state index contributed by atoms with van der Waals surface area (Å²) in [6.07, 6.45) is -3.89. The Labute approximate surface area is 84.3 Å². The minimum Gasteiger partial charge on any atom is -0.480 e. The van der Waals surface area contributed by atoms with Gasteiger partial charge in [-0.05, 0) is 25.8 Å². The topological polar surface area (TPSA) is 84.6 Å². The van der Waals surface area contributed by atoms with Crippen LogP contribution < -0.4 is 11.2 Å². The van der Waals surface area contributed by atoms with Crippen molar-refractivity contribution >= 4 is 5.97 Å². The van der Waals surface area contributed by atoms with Gasteiger partial charge in [-0.3, -0.25) is 4.79 Å². The molecule has 0 aromatic heterocycles. The molecule has 90 valence electrons. The van der Waals surface area contributed by atoms with Gasteiger partial charge in [0.25, 0.3) is 0 Å². The van der Waals surface area contributed by atoms with Crippen molar-refractivity contribution in [3.63, 3.8) is 0 Å². The van der Waals surface area contributed by atoms with Crippen molar-refractivity contribution in [3.05, 3.63) is 0 Å². The number of rotatable bonds is 7. The van der Waals surface area contributed by atoms with Gasteiger partial charge in [-0.25, -0.2) is 4.84 Å². The number of hydrogen-bond donors (Lipinski definition) is 3. The van der Waals surface area contributed by atoms with Crippen LogP contribution in [0.15, 0.2) is 0 Å². The molecule has 0 unspecified atom stereocenters. The molecule has 0 aromatic carbocycles. The second-order valence-electron chi connectivity index (χ2n) is 2.84. The van der Waals surface area contributed by atoms with E-state index in [9.17, 15) is 18.0 Å². The summed E-state index contributed by atoms with van der Waals surface area (Å²) < 4.78 is 34.7. The van der Waals surface area contributed by atoms with Gasteiger partial charge >= 0.3 is 12.3 Å². The van der Waals surface area contributed by atoms with E-state index < -0.39 is 18.4 Å². The first-order valence-electron chi connectivity index (χ1n) is 4.30. The van der Waals surface area contributed by atoms with E-state index in [-0.39, 0.29) is 6.42 Å². The summed E-state index contributed by atoms with van der Waals surface area (Å²) in [6.45, 7) is 0.368. The van der Waals surface area contributed by atoms with Crippen molar-refractivity contribution in [2.75, 3.05) is 6.54 Å². The van der Waals surface area contributed by atoms with Crippen molar-refractivity contribution in [1.82, 2.24) is 5.48 Å². The molecule has 0 bridgehead atoms. The number of carbonyl (C=O) groups is 1. The fourth-order valence-corrected chi connectivity index (χ4v) is 0.864. The zero-order valence-electron chi connectivity index (χ0n) is 7.88. The number of hydroxylamine groups is 1. The van der Waals surface area contributed by atoms with E-state index in [1.807, 2.05) is 0 Å². The first kappa shape index (κ1) is 14.1. The monoisotopic (exact) mass is 230 g/mol. The number of nitrogens with one attached hydrogen (secondary N) is 1. The maximum absolute atomic E-state index is 11.6. The molecular formula is C7H13F3N2O3. The van der Waals surface area contributed by atoms with Gasteiger partial charge in [-0.2, -0.15) is 5.48 Å². The molecule has 0 rings (SSSR count). The number of unbranched alkanes of at least 4 members (excludes halogenated alkanes) is 1. The highest BCUT2D eigenvalue weighted by Gasteiger charge is 2.32. The normalized spacial score (nSPS) is 13.9.